The Hall–Kier alpha value is -0.0800. The highest BCUT2D eigenvalue weighted by atomic mass is 16.3. The lowest BCUT2D eigenvalue weighted by Crippen LogP contribution is -2.20. The molecule has 2 aliphatic rings. The van der Waals surface area contributed by atoms with Crippen LogP contribution in [0.3, 0.4) is 0 Å². The fraction of sp³-hybridized carbons (Fsp3) is 1.00. The molecule has 1 heterocycles. The summed E-state index contributed by atoms with van der Waals surface area (Å²) in [5, 5.41) is 12.8. The summed E-state index contributed by atoms with van der Waals surface area (Å²) < 4.78 is 0. The van der Waals surface area contributed by atoms with Crippen molar-refractivity contribution in [1.82, 2.24) is 5.32 Å². The van der Waals surface area contributed by atoms with Crippen LogP contribution in [0.4, 0.5) is 0 Å². The molecule has 2 fully saturated rings. The van der Waals surface area contributed by atoms with E-state index in [0.29, 0.717) is 5.92 Å². The number of aliphatic hydroxyl groups is 1. The predicted octanol–water partition coefficient (Wildman–Crippen LogP) is 1.15. The van der Waals surface area contributed by atoms with Gasteiger partial charge in [-0.05, 0) is 18.3 Å². The van der Waals surface area contributed by atoms with E-state index in [2.05, 4.69) is 5.32 Å². The first-order valence-electron chi connectivity index (χ1n) is 5.25. The minimum Gasteiger partial charge on any atom is -0.391 e. The van der Waals surface area contributed by atoms with Gasteiger partial charge >= 0.3 is 0 Å². The van der Waals surface area contributed by atoms with E-state index >= 15 is 0 Å². The van der Waals surface area contributed by atoms with Crippen LogP contribution in [0.1, 0.15) is 32.1 Å². The van der Waals surface area contributed by atoms with Gasteiger partial charge in [0.1, 0.15) is 0 Å². The van der Waals surface area contributed by atoms with Crippen LogP contribution >= 0.6 is 0 Å². The van der Waals surface area contributed by atoms with Crippen molar-refractivity contribution >= 4 is 0 Å². The molecule has 0 bridgehead atoms. The summed E-state index contributed by atoms with van der Waals surface area (Å²) in [6.07, 6.45) is 6.84. The molecular weight excluding hydrogens is 150 g/mol. The second-order valence-corrected chi connectivity index (χ2v) is 4.36. The van der Waals surface area contributed by atoms with Gasteiger partial charge < -0.3 is 10.4 Å². The Morgan fingerprint density at radius 2 is 2.00 bits per heavy atom. The molecule has 1 saturated carbocycles. The largest absolute Gasteiger partial charge is 0.391 e. The molecule has 2 rings (SSSR count). The summed E-state index contributed by atoms with van der Waals surface area (Å²) in [6.45, 7) is 1.85. The molecule has 0 amide bonds. The van der Waals surface area contributed by atoms with E-state index in [0.717, 1.165) is 19.0 Å². The Bertz CT molecular complexity index is 145. The van der Waals surface area contributed by atoms with Gasteiger partial charge in [-0.1, -0.05) is 25.7 Å². The number of aliphatic hydroxyl groups excluding tert-OH is 1. The van der Waals surface area contributed by atoms with Crippen molar-refractivity contribution in [2.75, 3.05) is 13.1 Å². The van der Waals surface area contributed by atoms with Gasteiger partial charge in [0, 0.05) is 13.1 Å². The average molecular weight is 169 g/mol. The van der Waals surface area contributed by atoms with Crippen molar-refractivity contribution < 1.29 is 5.11 Å². The van der Waals surface area contributed by atoms with E-state index < -0.39 is 0 Å². The van der Waals surface area contributed by atoms with Crippen LogP contribution in [-0.2, 0) is 0 Å². The molecule has 2 atom stereocenters. The first-order valence-corrected chi connectivity index (χ1v) is 5.25. The normalized spacial score (nSPS) is 36.8. The summed E-state index contributed by atoms with van der Waals surface area (Å²) >= 11 is 0. The summed E-state index contributed by atoms with van der Waals surface area (Å²) in [5.74, 6) is 1.54. The van der Waals surface area contributed by atoms with E-state index in [1.54, 1.807) is 0 Å². The first-order chi connectivity index (χ1) is 5.86. The van der Waals surface area contributed by atoms with Crippen molar-refractivity contribution in [2.45, 2.75) is 38.2 Å². The van der Waals surface area contributed by atoms with Crippen molar-refractivity contribution in [3.63, 3.8) is 0 Å². The minimum atomic E-state index is -0.0647. The van der Waals surface area contributed by atoms with Crippen LogP contribution < -0.4 is 5.32 Å². The number of hydrogen-bond donors (Lipinski definition) is 2. The molecule has 1 saturated heterocycles. The zero-order valence-corrected chi connectivity index (χ0v) is 7.63. The molecule has 0 radical (unpaired) electrons. The van der Waals surface area contributed by atoms with Gasteiger partial charge in [-0.3, -0.25) is 0 Å². The number of rotatable bonds is 3. The van der Waals surface area contributed by atoms with Crippen LogP contribution in [0.2, 0.25) is 0 Å². The van der Waals surface area contributed by atoms with Gasteiger partial charge in [0.25, 0.3) is 0 Å². The minimum absolute atomic E-state index is 0.0647. The summed E-state index contributed by atoms with van der Waals surface area (Å²) in [7, 11) is 0. The average Bonchev–Trinajstić information content (AvgIpc) is 2.33. The van der Waals surface area contributed by atoms with E-state index in [-0.39, 0.29) is 6.10 Å². The predicted molar refractivity (Wildman–Crippen MR) is 48.9 cm³/mol. The van der Waals surface area contributed by atoms with Crippen LogP contribution in [0.5, 0.6) is 0 Å². The van der Waals surface area contributed by atoms with Crippen molar-refractivity contribution in [3.05, 3.63) is 0 Å². The quantitative estimate of drug-likeness (QED) is 0.664. The van der Waals surface area contributed by atoms with Crippen LogP contribution in [-0.4, -0.2) is 24.3 Å². The first kappa shape index (κ1) is 8.52. The second-order valence-electron chi connectivity index (χ2n) is 4.36. The van der Waals surface area contributed by atoms with E-state index in [9.17, 15) is 5.11 Å². The molecule has 2 nitrogen and oxygen atoms in total. The maximum Gasteiger partial charge on any atom is 0.0704 e. The lowest BCUT2D eigenvalue weighted by molar-refractivity contribution is 0.133. The van der Waals surface area contributed by atoms with Crippen molar-refractivity contribution in [3.8, 4) is 0 Å². The monoisotopic (exact) mass is 169 g/mol. The van der Waals surface area contributed by atoms with Crippen LogP contribution in [0.15, 0.2) is 0 Å². The third-order valence-electron chi connectivity index (χ3n) is 3.47. The summed E-state index contributed by atoms with van der Waals surface area (Å²) in [4.78, 5) is 0. The maximum absolute atomic E-state index is 9.53. The molecule has 2 unspecified atom stereocenters. The fourth-order valence-electron chi connectivity index (χ4n) is 2.25. The Morgan fingerprint density at radius 1 is 1.17 bits per heavy atom. The van der Waals surface area contributed by atoms with E-state index in [4.69, 9.17) is 0 Å². The zero-order valence-electron chi connectivity index (χ0n) is 7.63. The molecule has 0 aromatic rings. The van der Waals surface area contributed by atoms with Gasteiger partial charge in [-0.15, -0.1) is 0 Å². The highest BCUT2D eigenvalue weighted by Crippen LogP contribution is 2.32. The van der Waals surface area contributed by atoms with E-state index in [1.165, 1.54) is 32.1 Å². The topological polar surface area (TPSA) is 32.3 Å². The molecule has 0 spiro atoms. The van der Waals surface area contributed by atoms with Crippen molar-refractivity contribution in [1.29, 1.82) is 0 Å². The Labute approximate surface area is 74.4 Å². The second kappa shape index (κ2) is 3.75. The van der Waals surface area contributed by atoms with Gasteiger partial charge in [0.15, 0.2) is 0 Å². The van der Waals surface area contributed by atoms with Gasteiger partial charge in [0.05, 0.1) is 6.10 Å². The zero-order chi connectivity index (χ0) is 8.39. The molecule has 1 aliphatic carbocycles. The lowest BCUT2D eigenvalue weighted by Gasteiger charge is -2.26. The molecule has 2 heteroatoms. The van der Waals surface area contributed by atoms with Gasteiger partial charge in [-0.2, -0.15) is 0 Å². The smallest absolute Gasteiger partial charge is 0.0704 e. The molecule has 70 valence electrons. The molecule has 0 aromatic heterocycles. The summed E-state index contributed by atoms with van der Waals surface area (Å²) in [6, 6.07) is 0. The highest BCUT2D eigenvalue weighted by molar-refractivity contribution is 4.81. The van der Waals surface area contributed by atoms with Gasteiger partial charge in [0.2, 0.25) is 0 Å². The van der Waals surface area contributed by atoms with Crippen LogP contribution in [0, 0.1) is 11.8 Å². The highest BCUT2D eigenvalue weighted by Gasteiger charge is 2.26. The maximum atomic E-state index is 9.53. The third-order valence-corrected chi connectivity index (χ3v) is 3.47. The Kier molecular flexibility index (Phi) is 2.66. The standard InChI is InChI=1S/C10H19NO/c12-10-7-11-6-9(10)5-4-8-2-1-3-8/h8-12H,1-7H2. The molecule has 12 heavy (non-hydrogen) atoms. The van der Waals surface area contributed by atoms with Crippen LogP contribution in [0.25, 0.3) is 0 Å². The summed E-state index contributed by atoms with van der Waals surface area (Å²) in [5.41, 5.74) is 0. The lowest BCUT2D eigenvalue weighted by atomic mass is 9.80. The molecular formula is C10H19NO. The SMILES string of the molecule is OC1CNCC1CCC1CCC1. The number of β-amino-alcohol motifs (C(OH)–C–C–N with tert-alkyl or cyclic N) is 1. The third kappa shape index (κ3) is 1.80. The molecule has 2 N–H and O–H groups in total. The van der Waals surface area contributed by atoms with E-state index in [1.807, 2.05) is 0 Å². The fourth-order valence-corrected chi connectivity index (χ4v) is 2.25. The molecule has 0 aromatic carbocycles. The number of hydrogen-bond acceptors (Lipinski definition) is 2. The number of nitrogens with one attached hydrogen (secondary N) is 1. The van der Waals surface area contributed by atoms with Crippen molar-refractivity contribution in [2.24, 2.45) is 11.8 Å². The van der Waals surface area contributed by atoms with Gasteiger partial charge in [-0.25, -0.2) is 0 Å². The Morgan fingerprint density at radius 3 is 2.50 bits per heavy atom. The molecule has 1 aliphatic heterocycles. The Balaban J connectivity index is 1.64.